The Bertz CT molecular complexity index is 256. The molecule has 1 aromatic heterocycles. The van der Waals surface area contributed by atoms with Crippen molar-refractivity contribution in [3.05, 3.63) is 30.1 Å². The molecule has 0 aliphatic rings. The fourth-order valence-electron chi connectivity index (χ4n) is 0.703. The molecule has 0 bridgehead atoms. The Labute approximate surface area is 70.5 Å². The van der Waals surface area contributed by atoms with Gasteiger partial charge in [0, 0.05) is 6.20 Å². The van der Waals surface area contributed by atoms with Gasteiger partial charge in [-0.05, 0) is 12.1 Å². The summed E-state index contributed by atoms with van der Waals surface area (Å²) >= 11 is 0. The maximum Gasteiger partial charge on any atom is 0.203 e. The lowest BCUT2D eigenvalue weighted by molar-refractivity contribution is 0.932. The summed E-state index contributed by atoms with van der Waals surface area (Å²) in [5.41, 5.74) is 8.40. The molecule has 0 atom stereocenters. The highest BCUT2D eigenvalue weighted by Crippen LogP contribution is 1.94. The Morgan fingerprint density at radius 2 is 2.42 bits per heavy atom. The van der Waals surface area contributed by atoms with Gasteiger partial charge < -0.3 is 5.73 Å². The van der Waals surface area contributed by atoms with Crippen molar-refractivity contribution in [1.82, 2.24) is 10.4 Å². The van der Waals surface area contributed by atoms with E-state index in [-0.39, 0.29) is 5.96 Å². The van der Waals surface area contributed by atoms with E-state index in [4.69, 9.17) is 11.6 Å². The van der Waals surface area contributed by atoms with Gasteiger partial charge in [0.05, 0.1) is 12.2 Å². The lowest BCUT2D eigenvalue weighted by Gasteiger charge is -1.97. The lowest BCUT2D eigenvalue weighted by Crippen LogP contribution is -2.37. The largest absolute Gasteiger partial charge is 0.369 e. The lowest BCUT2D eigenvalue weighted by atomic mass is 10.3. The van der Waals surface area contributed by atoms with Gasteiger partial charge >= 0.3 is 0 Å². The SMILES string of the molecule is NNC(N)=NCc1ccccn1. The first-order valence-corrected chi connectivity index (χ1v) is 3.49. The molecule has 5 heteroatoms. The summed E-state index contributed by atoms with van der Waals surface area (Å²) in [4.78, 5) is 7.96. The standard InChI is InChI=1S/C7H11N5/c8-7(12-9)11-5-6-3-1-2-4-10-6/h1-4H,5,9H2,(H3,8,11,12). The van der Waals surface area contributed by atoms with E-state index in [0.29, 0.717) is 6.54 Å². The number of pyridine rings is 1. The van der Waals surface area contributed by atoms with E-state index >= 15 is 0 Å². The fraction of sp³-hybridized carbons (Fsp3) is 0.143. The van der Waals surface area contributed by atoms with Crippen LogP contribution in [-0.2, 0) is 6.54 Å². The smallest absolute Gasteiger partial charge is 0.203 e. The highest BCUT2D eigenvalue weighted by Gasteiger charge is 1.90. The number of nitrogens with two attached hydrogens (primary N) is 2. The second kappa shape index (κ2) is 4.30. The normalized spacial score (nSPS) is 11.2. The van der Waals surface area contributed by atoms with Crippen LogP contribution in [0.4, 0.5) is 0 Å². The molecule has 0 aliphatic heterocycles. The van der Waals surface area contributed by atoms with Crippen molar-refractivity contribution in [3.63, 3.8) is 0 Å². The van der Waals surface area contributed by atoms with Crippen molar-refractivity contribution in [3.8, 4) is 0 Å². The van der Waals surface area contributed by atoms with Gasteiger partial charge in [-0.25, -0.2) is 10.8 Å². The van der Waals surface area contributed by atoms with Crippen molar-refractivity contribution in [2.24, 2.45) is 16.6 Å². The van der Waals surface area contributed by atoms with E-state index < -0.39 is 0 Å². The van der Waals surface area contributed by atoms with E-state index in [0.717, 1.165) is 5.69 Å². The monoisotopic (exact) mass is 165 g/mol. The summed E-state index contributed by atoms with van der Waals surface area (Å²) in [5, 5.41) is 0. The Balaban J connectivity index is 2.54. The molecule has 0 aliphatic carbocycles. The average Bonchev–Trinajstić information content (AvgIpc) is 2.16. The Kier molecular flexibility index (Phi) is 3.04. The zero-order chi connectivity index (χ0) is 8.81. The third-order valence-corrected chi connectivity index (χ3v) is 1.29. The molecule has 12 heavy (non-hydrogen) atoms. The summed E-state index contributed by atoms with van der Waals surface area (Å²) in [7, 11) is 0. The van der Waals surface area contributed by atoms with Crippen LogP contribution < -0.4 is 17.0 Å². The molecule has 64 valence electrons. The maximum absolute atomic E-state index is 5.31. The number of nitrogens with zero attached hydrogens (tertiary/aromatic N) is 2. The van der Waals surface area contributed by atoms with Gasteiger partial charge in [-0.3, -0.25) is 10.4 Å². The molecule has 5 N–H and O–H groups in total. The van der Waals surface area contributed by atoms with Crippen LogP contribution in [0.15, 0.2) is 29.4 Å². The molecule has 0 saturated heterocycles. The van der Waals surface area contributed by atoms with Gasteiger partial charge in [-0.2, -0.15) is 0 Å². The predicted octanol–water partition coefficient (Wildman–Crippen LogP) is -0.640. The minimum absolute atomic E-state index is 0.209. The molecule has 0 unspecified atom stereocenters. The van der Waals surface area contributed by atoms with Crippen molar-refractivity contribution in [2.75, 3.05) is 0 Å². The maximum atomic E-state index is 5.31. The highest BCUT2D eigenvalue weighted by molar-refractivity contribution is 5.76. The molecule has 5 nitrogen and oxygen atoms in total. The van der Waals surface area contributed by atoms with Crippen LogP contribution >= 0.6 is 0 Å². The fourth-order valence-corrected chi connectivity index (χ4v) is 0.703. The van der Waals surface area contributed by atoms with Crippen LogP contribution in [0.5, 0.6) is 0 Å². The first kappa shape index (κ1) is 8.48. The van der Waals surface area contributed by atoms with Gasteiger partial charge in [0.2, 0.25) is 5.96 Å². The molecular weight excluding hydrogens is 154 g/mol. The molecule has 1 aromatic rings. The number of hydrogen-bond donors (Lipinski definition) is 3. The number of aromatic nitrogens is 1. The highest BCUT2D eigenvalue weighted by atomic mass is 15.3. The average molecular weight is 165 g/mol. The summed E-state index contributed by atoms with van der Waals surface area (Å²) < 4.78 is 0. The second-order valence-corrected chi connectivity index (χ2v) is 2.17. The molecule has 1 rings (SSSR count). The molecular formula is C7H11N5. The molecule has 0 radical (unpaired) electrons. The molecule has 0 aromatic carbocycles. The Morgan fingerprint density at radius 3 is 3.00 bits per heavy atom. The molecule has 0 amide bonds. The van der Waals surface area contributed by atoms with Gasteiger partial charge in [-0.1, -0.05) is 6.07 Å². The third kappa shape index (κ3) is 2.55. The van der Waals surface area contributed by atoms with Crippen molar-refractivity contribution in [1.29, 1.82) is 0 Å². The van der Waals surface area contributed by atoms with Crippen LogP contribution in [-0.4, -0.2) is 10.9 Å². The number of nitrogens with one attached hydrogen (secondary N) is 1. The van der Waals surface area contributed by atoms with E-state index in [1.807, 2.05) is 18.2 Å². The van der Waals surface area contributed by atoms with Crippen molar-refractivity contribution >= 4 is 5.96 Å². The minimum atomic E-state index is 0.209. The summed E-state index contributed by atoms with van der Waals surface area (Å²) in [6, 6.07) is 5.61. The topological polar surface area (TPSA) is 89.3 Å². The number of hydrazine groups is 1. The van der Waals surface area contributed by atoms with Crippen molar-refractivity contribution < 1.29 is 0 Å². The second-order valence-electron chi connectivity index (χ2n) is 2.17. The molecule has 0 fully saturated rings. The number of hydrogen-bond acceptors (Lipinski definition) is 3. The van der Waals surface area contributed by atoms with Crippen LogP contribution in [0.25, 0.3) is 0 Å². The molecule has 0 saturated carbocycles. The number of guanidine groups is 1. The van der Waals surface area contributed by atoms with Gasteiger partial charge in [0.1, 0.15) is 0 Å². The number of rotatable bonds is 2. The van der Waals surface area contributed by atoms with Crippen molar-refractivity contribution in [2.45, 2.75) is 6.54 Å². The zero-order valence-corrected chi connectivity index (χ0v) is 6.57. The summed E-state index contributed by atoms with van der Waals surface area (Å²) in [6.07, 6.45) is 1.71. The molecule has 1 heterocycles. The van der Waals surface area contributed by atoms with Crippen LogP contribution in [0.3, 0.4) is 0 Å². The van der Waals surface area contributed by atoms with E-state index in [1.165, 1.54) is 0 Å². The summed E-state index contributed by atoms with van der Waals surface area (Å²) in [6.45, 7) is 0.441. The van der Waals surface area contributed by atoms with E-state index in [2.05, 4.69) is 15.4 Å². The zero-order valence-electron chi connectivity index (χ0n) is 6.57. The minimum Gasteiger partial charge on any atom is -0.369 e. The van der Waals surface area contributed by atoms with Gasteiger partial charge in [0.15, 0.2) is 0 Å². The third-order valence-electron chi connectivity index (χ3n) is 1.29. The Hall–Kier alpha value is -1.62. The quantitative estimate of drug-likeness (QED) is 0.235. The van der Waals surface area contributed by atoms with Gasteiger partial charge in [0.25, 0.3) is 0 Å². The van der Waals surface area contributed by atoms with Gasteiger partial charge in [-0.15, -0.1) is 0 Å². The van der Waals surface area contributed by atoms with Crippen LogP contribution in [0.2, 0.25) is 0 Å². The Morgan fingerprint density at radius 1 is 1.58 bits per heavy atom. The number of aliphatic imine (C=N–C) groups is 1. The predicted molar refractivity (Wildman–Crippen MR) is 46.9 cm³/mol. The first-order valence-electron chi connectivity index (χ1n) is 3.49. The summed E-state index contributed by atoms with van der Waals surface area (Å²) in [5.74, 6) is 5.22. The van der Waals surface area contributed by atoms with Crippen LogP contribution in [0, 0.1) is 0 Å². The molecule has 0 spiro atoms. The first-order chi connectivity index (χ1) is 5.83. The van der Waals surface area contributed by atoms with E-state index in [1.54, 1.807) is 6.20 Å². The van der Waals surface area contributed by atoms with E-state index in [9.17, 15) is 0 Å². The van der Waals surface area contributed by atoms with Crippen LogP contribution in [0.1, 0.15) is 5.69 Å².